The number of rotatable bonds is 7. The van der Waals surface area contributed by atoms with E-state index in [9.17, 15) is 8.42 Å². The van der Waals surface area contributed by atoms with Gasteiger partial charge in [-0.3, -0.25) is 0 Å². The van der Waals surface area contributed by atoms with Gasteiger partial charge in [0.1, 0.15) is 0 Å². The maximum absolute atomic E-state index is 12.6. The summed E-state index contributed by atoms with van der Waals surface area (Å²) in [7, 11) is -3.58. The third-order valence-electron chi connectivity index (χ3n) is 2.60. The molecular weight excluding hydrogens is 330 g/mol. The van der Waals surface area contributed by atoms with Gasteiger partial charge in [0.15, 0.2) is 0 Å². The van der Waals surface area contributed by atoms with Crippen LogP contribution in [0.2, 0.25) is 0 Å². The van der Waals surface area contributed by atoms with Gasteiger partial charge in [0, 0.05) is 17.6 Å². The van der Waals surface area contributed by atoms with Gasteiger partial charge in [-0.1, -0.05) is 19.1 Å². The zero-order valence-electron chi connectivity index (χ0n) is 10.8. The van der Waals surface area contributed by atoms with Gasteiger partial charge in [-0.15, -0.1) is 6.58 Å². The number of aliphatic hydroxyl groups is 1. The molecule has 0 atom stereocenters. The normalized spacial score (nSPS) is 11.8. The number of nitrogens with zero attached hydrogens (tertiary/aromatic N) is 1. The first-order valence-corrected chi connectivity index (χ1v) is 8.21. The molecule has 0 aliphatic rings. The Hall–Kier alpha value is -0.690. The van der Waals surface area contributed by atoms with Gasteiger partial charge in [-0.05, 0) is 40.0 Å². The van der Waals surface area contributed by atoms with Gasteiger partial charge in [-0.2, -0.15) is 4.31 Å². The van der Waals surface area contributed by atoms with Crippen LogP contribution in [-0.2, 0) is 16.6 Å². The SMILES string of the molecule is C=CCN(CCC)S(=O)(=O)c1cc(CO)ccc1Br. The Labute approximate surface area is 122 Å². The second kappa shape index (κ2) is 7.19. The largest absolute Gasteiger partial charge is 0.392 e. The Balaban J connectivity index is 3.27. The van der Waals surface area contributed by atoms with E-state index in [0.29, 0.717) is 16.6 Å². The summed E-state index contributed by atoms with van der Waals surface area (Å²) in [5, 5.41) is 9.12. The second-order valence-corrected chi connectivity index (χ2v) is 6.84. The highest BCUT2D eigenvalue weighted by molar-refractivity contribution is 9.10. The second-order valence-electron chi connectivity index (χ2n) is 4.07. The van der Waals surface area contributed by atoms with E-state index in [1.165, 1.54) is 10.4 Å². The number of benzene rings is 1. The average Bonchev–Trinajstić information content (AvgIpc) is 2.39. The smallest absolute Gasteiger partial charge is 0.244 e. The van der Waals surface area contributed by atoms with Crippen molar-refractivity contribution in [2.75, 3.05) is 13.1 Å². The highest BCUT2D eigenvalue weighted by Gasteiger charge is 2.25. The standard InChI is InChI=1S/C13H18BrNO3S/c1-3-7-15(8-4-2)19(17,18)13-9-11(10-16)5-6-12(13)14/h3,5-6,9,16H,1,4,7-8,10H2,2H3. The van der Waals surface area contributed by atoms with Crippen LogP contribution in [0.1, 0.15) is 18.9 Å². The third-order valence-corrected chi connectivity index (χ3v) is 5.46. The lowest BCUT2D eigenvalue weighted by molar-refractivity contribution is 0.281. The van der Waals surface area contributed by atoms with Crippen molar-refractivity contribution in [2.45, 2.75) is 24.8 Å². The summed E-state index contributed by atoms with van der Waals surface area (Å²) in [5.41, 5.74) is 0.567. The quantitative estimate of drug-likeness (QED) is 0.771. The van der Waals surface area contributed by atoms with E-state index < -0.39 is 10.0 Å². The fourth-order valence-electron chi connectivity index (χ4n) is 1.69. The zero-order valence-corrected chi connectivity index (χ0v) is 13.2. The van der Waals surface area contributed by atoms with Gasteiger partial charge >= 0.3 is 0 Å². The van der Waals surface area contributed by atoms with Gasteiger partial charge in [-0.25, -0.2) is 8.42 Å². The van der Waals surface area contributed by atoms with Crippen LogP contribution in [0.25, 0.3) is 0 Å². The van der Waals surface area contributed by atoms with E-state index in [1.807, 2.05) is 6.92 Å². The first-order valence-electron chi connectivity index (χ1n) is 5.97. The third kappa shape index (κ3) is 3.89. The molecule has 0 fully saturated rings. The average molecular weight is 348 g/mol. The van der Waals surface area contributed by atoms with Gasteiger partial charge < -0.3 is 5.11 Å². The van der Waals surface area contributed by atoms with Crippen LogP contribution in [0.3, 0.4) is 0 Å². The molecule has 106 valence electrons. The summed E-state index contributed by atoms with van der Waals surface area (Å²) in [4.78, 5) is 0.175. The van der Waals surface area contributed by atoms with Crippen molar-refractivity contribution in [2.24, 2.45) is 0 Å². The minimum atomic E-state index is -3.58. The highest BCUT2D eigenvalue weighted by atomic mass is 79.9. The molecule has 0 amide bonds. The molecule has 1 aromatic rings. The topological polar surface area (TPSA) is 57.6 Å². The predicted octanol–water partition coefficient (Wildman–Crippen LogP) is 2.53. The maximum Gasteiger partial charge on any atom is 0.244 e. The molecule has 0 heterocycles. The summed E-state index contributed by atoms with van der Waals surface area (Å²) in [6.45, 7) is 6.02. The Morgan fingerprint density at radius 1 is 1.47 bits per heavy atom. The van der Waals surface area contributed by atoms with Crippen molar-refractivity contribution in [3.63, 3.8) is 0 Å². The van der Waals surface area contributed by atoms with Crippen molar-refractivity contribution in [1.29, 1.82) is 0 Å². The lowest BCUT2D eigenvalue weighted by atomic mass is 10.2. The minimum absolute atomic E-state index is 0.175. The lowest BCUT2D eigenvalue weighted by Crippen LogP contribution is -2.32. The van der Waals surface area contributed by atoms with Crippen LogP contribution in [-0.4, -0.2) is 30.9 Å². The Kier molecular flexibility index (Phi) is 6.19. The molecule has 0 aliphatic carbocycles. The molecule has 1 rings (SSSR count). The van der Waals surface area contributed by atoms with Crippen molar-refractivity contribution < 1.29 is 13.5 Å². The van der Waals surface area contributed by atoms with E-state index in [2.05, 4.69) is 22.5 Å². The highest BCUT2D eigenvalue weighted by Crippen LogP contribution is 2.26. The molecule has 0 saturated heterocycles. The van der Waals surface area contributed by atoms with E-state index >= 15 is 0 Å². The van der Waals surface area contributed by atoms with Crippen molar-refractivity contribution in [3.8, 4) is 0 Å². The molecular formula is C13H18BrNO3S. The van der Waals surface area contributed by atoms with Crippen LogP contribution in [0.5, 0.6) is 0 Å². The van der Waals surface area contributed by atoms with Crippen LogP contribution in [0.15, 0.2) is 40.2 Å². The summed E-state index contributed by atoms with van der Waals surface area (Å²) in [6.07, 6.45) is 2.29. The Bertz CT molecular complexity index is 543. The number of hydrogen-bond donors (Lipinski definition) is 1. The molecule has 19 heavy (non-hydrogen) atoms. The Morgan fingerprint density at radius 2 is 2.16 bits per heavy atom. The fourth-order valence-corrected chi connectivity index (χ4v) is 4.16. The van der Waals surface area contributed by atoms with Crippen molar-refractivity contribution in [3.05, 3.63) is 40.9 Å². The molecule has 0 bridgehead atoms. The molecule has 4 nitrogen and oxygen atoms in total. The Morgan fingerprint density at radius 3 is 2.68 bits per heavy atom. The van der Waals surface area contributed by atoms with Crippen molar-refractivity contribution in [1.82, 2.24) is 4.31 Å². The van der Waals surface area contributed by atoms with E-state index in [-0.39, 0.29) is 18.0 Å². The minimum Gasteiger partial charge on any atom is -0.392 e. The van der Waals surface area contributed by atoms with E-state index in [0.717, 1.165) is 6.42 Å². The first kappa shape index (κ1) is 16.4. The molecule has 6 heteroatoms. The van der Waals surface area contributed by atoms with Crippen LogP contribution >= 0.6 is 15.9 Å². The van der Waals surface area contributed by atoms with Crippen LogP contribution in [0, 0.1) is 0 Å². The predicted molar refractivity (Wildman–Crippen MR) is 79.3 cm³/mol. The summed E-state index contributed by atoms with van der Waals surface area (Å²) in [6, 6.07) is 4.81. The maximum atomic E-state index is 12.6. The molecule has 0 aromatic heterocycles. The molecule has 0 unspecified atom stereocenters. The van der Waals surface area contributed by atoms with Crippen LogP contribution < -0.4 is 0 Å². The van der Waals surface area contributed by atoms with E-state index in [4.69, 9.17) is 5.11 Å². The van der Waals surface area contributed by atoms with Gasteiger partial charge in [0.2, 0.25) is 10.0 Å². The molecule has 1 N–H and O–H groups in total. The summed E-state index contributed by atoms with van der Waals surface area (Å²) >= 11 is 3.25. The molecule has 1 aromatic carbocycles. The number of hydrogen-bond acceptors (Lipinski definition) is 3. The summed E-state index contributed by atoms with van der Waals surface area (Å²) < 4.78 is 27.0. The van der Waals surface area contributed by atoms with Crippen LogP contribution in [0.4, 0.5) is 0 Å². The number of sulfonamides is 1. The first-order chi connectivity index (χ1) is 8.97. The lowest BCUT2D eigenvalue weighted by Gasteiger charge is -2.21. The molecule has 0 radical (unpaired) electrons. The molecule has 0 spiro atoms. The van der Waals surface area contributed by atoms with Gasteiger partial charge in [0.25, 0.3) is 0 Å². The fraction of sp³-hybridized carbons (Fsp3) is 0.385. The summed E-state index contributed by atoms with van der Waals surface area (Å²) in [5.74, 6) is 0. The van der Waals surface area contributed by atoms with Crippen molar-refractivity contribution >= 4 is 26.0 Å². The number of aliphatic hydroxyl groups excluding tert-OH is 1. The van der Waals surface area contributed by atoms with Gasteiger partial charge in [0.05, 0.1) is 11.5 Å². The molecule has 0 aliphatic heterocycles. The monoisotopic (exact) mass is 347 g/mol. The number of halogens is 1. The zero-order chi connectivity index (χ0) is 14.5. The molecule has 0 saturated carbocycles. The van der Waals surface area contributed by atoms with E-state index in [1.54, 1.807) is 18.2 Å².